The molecule has 5 heteroatoms. The van der Waals surface area contributed by atoms with Crippen molar-refractivity contribution in [1.82, 2.24) is 14.7 Å². The molecular formula is C12H16BrN3S. The third-order valence-corrected chi connectivity index (χ3v) is 4.48. The summed E-state index contributed by atoms with van der Waals surface area (Å²) in [7, 11) is 4.12. The highest BCUT2D eigenvalue weighted by Gasteiger charge is 2.12. The van der Waals surface area contributed by atoms with Gasteiger partial charge >= 0.3 is 0 Å². The molecule has 0 saturated heterocycles. The number of hydrogen-bond donors (Lipinski definition) is 0. The minimum Gasteiger partial charge on any atom is -0.296 e. The van der Waals surface area contributed by atoms with Gasteiger partial charge in [-0.2, -0.15) is 16.4 Å². The molecule has 0 unspecified atom stereocenters. The van der Waals surface area contributed by atoms with Gasteiger partial charge in [0.25, 0.3) is 0 Å². The summed E-state index contributed by atoms with van der Waals surface area (Å²) in [5, 5.41) is 8.72. The Morgan fingerprint density at radius 1 is 1.47 bits per heavy atom. The Kier molecular flexibility index (Phi) is 4.01. The molecule has 0 aliphatic carbocycles. The lowest BCUT2D eigenvalue weighted by Gasteiger charge is -2.16. The monoisotopic (exact) mass is 313 g/mol. The van der Waals surface area contributed by atoms with E-state index in [9.17, 15) is 0 Å². The van der Waals surface area contributed by atoms with Gasteiger partial charge in [-0.3, -0.25) is 9.58 Å². The second kappa shape index (κ2) is 5.33. The molecule has 0 saturated carbocycles. The zero-order chi connectivity index (χ0) is 12.4. The summed E-state index contributed by atoms with van der Waals surface area (Å²) >= 11 is 5.34. The van der Waals surface area contributed by atoms with Crippen LogP contribution in [0.3, 0.4) is 0 Å². The van der Waals surface area contributed by atoms with Crippen molar-refractivity contribution in [3.8, 4) is 0 Å². The first-order valence-electron chi connectivity index (χ1n) is 5.45. The van der Waals surface area contributed by atoms with Gasteiger partial charge in [0.15, 0.2) is 0 Å². The standard InChI is InChI=1S/C12H16BrN3S/c1-9-12(13)11(16(3)14-9)7-15(2)6-10-4-5-17-8-10/h4-5,8H,6-7H2,1-3H3. The molecular weight excluding hydrogens is 298 g/mol. The van der Waals surface area contributed by atoms with Crippen molar-refractivity contribution in [1.29, 1.82) is 0 Å². The fraction of sp³-hybridized carbons (Fsp3) is 0.417. The fourth-order valence-corrected chi connectivity index (χ4v) is 2.98. The number of aromatic nitrogens is 2. The van der Waals surface area contributed by atoms with E-state index in [1.54, 1.807) is 11.3 Å². The maximum Gasteiger partial charge on any atom is 0.0739 e. The summed E-state index contributed by atoms with van der Waals surface area (Å²) < 4.78 is 3.07. The number of rotatable bonds is 4. The quantitative estimate of drug-likeness (QED) is 0.864. The highest BCUT2D eigenvalue weighted by atomic mass is 79.9. The van der Waals surface area contributed by atoms with Crippen LogP contribution in [0.15, 0.2) is 21.3 Å². The SMILES string of the molecule is Cc1nn(C)c(CN(C)Cc2ccsc2)c1Br. The van der Waals surface area contributed by atoms with Crippen LogP contribution in [0.25, 0.3) is 0 Å². The zero-order valence-electron chi connectivity index (χ0n) is 10.3. The predicted octanol–water partition coefficient (Wildman–Crippen LogP) is 3.18. The van der Waals surface area contributed by atoms with Gasteiger partial charge in [-0.15, -0.1) is 0 Å². The minimum absolute atomic E-state index is 0.897. The van der Waals surface area contributed by atoms with Crippen molar-refractivity contribution in [3.63, 3.8) is 0 Å². The predicted molar refractivity (Wildman–Crippen MR) is 75.1 cm³/mol. The van der Waals surface area contributed by atoms with Crippen molar-refractivity contribution >= 4 is 27.3 Å². The van der Waals surface area contributed by atoms with Crippen LogP contribution >= 0.6 is 27.3 Å². The number of nitrogens with zero attached hydrogens (tertiary/aromatic N) is 3. The molecule has 0 aliphatic rings. The molecule has 0 amide bonds. The molecule has 0 bridgehead atoms. The molecule has 17 heavy (non-hydrogen) atoms. The Bertz CT molecular complexity index is 490. The molecule has 0 N–H and O–H groups in total. The molecule has 2 heterocycles. The van der Waals surface area contributed by atoms with Gasteiger partial charge < -0.3 is 0 Å². The van der Waals surface area contributed by atoms with Gasteiger partial charge in [-0.25, -0.2) is 0 Å². The van der Waals surface area contributed by atoms with Gasteiger partial charge in [0.05, 0.1) is 15.9 Å². The van der Waals surface area contributed by atoms with E-state index >= 15 is 0 Å². The summed E-state index contributed by atoms with van der Waals surface area (Å²) in [6, 6.07) is 2.17. The molecule has 2 rings (SSSR count). The lowest BCUT2D eigenvalue weighted by Crippen LogP contribution is -2.19. The minimum atomic E-state index is 0.897. The lowest BCUT2D eigenvalue weighted by molar-refractivity contribution is 0.309. The first-order chi connectivity index (χ1) is 8.08. The van der Waals surface area contributed by atoms with Crippen molar-refractivity contribution in [3.05, 3.63) is 38.3 Å². The molecule has 3 nitrogen and oxygen atoms in total. The second-order valence-electron chi connectivity index (χ2n) is 4.27. The molecule has 0 fully saturated rings. The van der Waals surface area contributed by atoms with Gasteiger partial charge in [-0.1, -0.05) is 0 Å². The Labute approximate surface area is 114 Å². The third-order valence-electron chi connectivity index (χ3n) is 2.71. The average Bonchev–Trinajstić information content (AvgIpc) is 2.83. The maximum absolute atomic E-state index is 4.41. The number of aryl methyl sites for hydroxylation is 2. The molecule has 92 valence electrons. The highest BCUT2D eigenvalue weighted by molar-refractivity contribution is 9.10. The Morgan fingerprint density at radius 2 is 2.24 bits per heavy atom. The van der Waals surface area contributed by atoms with Crippen LogP contribution in [-0.2, 0) is 20.1 Å². The summed E-state index contributed by atoms with van der Waals surface area (Å²) in [6.07, 6.45) is 0. The van der Waals surface area contributed by atoms with Crippen molar-refractivity contribution in [2.75, 3.05) is 7.05 Å². The van der Waals surface area contributed by atoms with Gasteiger partial charge in [0.1, 0.15) is 0 Å². The smallest absolute Gasteiger partial charge is 0.0739 e. The van der Waals surface area contributed by atoms with E-state index in [0.717, 1.165) is 23.3 Å². The summed E-state index contributed by atoms with van der Waals surface area (Å²) in [5.41, 5.74) is 3.64. The molecule has 2 aromatic heterocycles. The van der Waals surface area contributed by atoms with E-state index in [2.05, 4.69) is 49.8 Å². The van der Waals surface area contributed by atoms with Crippen LogP contribution < -0.4 is 0 Å². The Morgan fingerprint density at radius 3 is 2.76 bits per heavy atom. The van der Waals surface area contributed by atoms with Gasteiger partial charge in [0.2, 0.25) is 0 Å². The molecule has 0 spiro atoms. The van der Waals surface area contributed by atoms with E-state index in [-0.39, 0.29) is 0 Å². The van der Waals surface area contributed by atoms with Crippen molar-refractivity contribution < 1.29 is 0 Å². The highest BCUT2D eigenvalue weighted by Crippen LogP contribution is 2.22. The Hall–Kier alpha value is -0.650. The average molecular weight is 314 g/mol. The van der Waals surface area contributed by atoms with Crippen LogP contribution in [0.1, 0.15) is 17.0 Å². The van der Waals surface area contributed by atoms with Gasteiger partial charge in [0, 0.05) is 20.1 Å². The second-order valence-corrected chi connectivity index (χ2v) is 5.85. The van der Waals surface area contributed by atoms with E-state index in [0.29, 0.717) is 0 Å². The van der Waals surface area contributed by atoms with Gasteiger partial charge in [-0.05, 0) is 52.3 Å². The van der Waals surface area contributed by atoms with E-state index in [1.807, 2.05) is 18.7 Å². The van der Waals surface area contributed by atoms with Crippen molar-refractivity contribution in [2.45, 2.75) is 20.0 Å². The first-order valence-corrected chi connectivity index (χ1v) is 7.19. The van der Waals surface area contributed by atoms with Crippen LogP contribution in [0.2, 0.25) is 0 Å². The summed E-state index contributed by atoms with van der Waals surface area (Å²) in [5.74, 6) is 0. The largest absolute Gasteiger partial charge is 0.296 e. The molecule has 0 radical (unpaired) electrons. The first kappa shape index (κ1) is 12.8. The van der Waals surface area contributed by atoms with E-state index < -0.39 is 0 Å². The molecule has 0 aromatic carbocycles. The summed E-state index contributed by atoms with van der Waals surface area (Å²) in [6.45, 7) is 3.89. The van der Waals surface area contributed by atoms with E-state index in [1.165, 1.54) is 11.3 Å². The topological polar surface area (TPSA) is 21.1 Å². The number of thiophene rings is 1. The number of hydrogen-bond acceptors (Lipinski definition) is 3. The van der Waals surface area contributed by atoms with E-state index in [4.69, 9.17) is 0 Å². The molecule has 2 aromatic rings. The normalized spacial score (nSPS) is 11.4. The fourth-order valence-electron chi connectivity index (χ4n) is 1.86. The van der Waals surface area contributed by atoms with Crippen LogP contribution in [0.5, 0.6) is 0 Å². The molecule has 0 atom stereocenters. The molecule has 0 aliphatic heterocycles. The van der Waals surface area contributed by atoms with Crippen molar-refractivity contribution in [2.24, 2.45) is 7.05 Å². The maximum atomic E-state index is 4.41. The zero-order valence-corrected chi connectivity index (χ0v) is 12.7. The number of halogens is 1. The van der Waals surface area contributed by atoms with Crippen LogP contribution in [0, 0.1) is 6.92 Å². The summed E-state index contributed by atoms with van der Waals surface area (Å²) in [4.78, 5) is 2.29. The van der Waals surface area contributed by atoms with Crippen LogP contribution in [0.4, 0.5) is 0 Å². The lowest BCUT2D eigenvalue weighted by atomic mass is 10.3. The third kappa shape index (κ3) is 2.97. The van der Waals surface area contributed by atoms with Crippen LogP contribution in [-0.4, -0.2) is 21.7 Å². The Balaban J connectivity index is 2.05.